The molecule has 130 valence electrons. The van der Waals surface area contributed by atoms with Crippen molar-refractivity contribution in [3.63, 3.8) is 0 Å². The molecule has 2 fully saturated rings. The Morgan fingerprint density at radius 2 is 2.08 bits per heavy atom. The van der Waals surface area contributed by atoms with Crippen molar-refractivity contribution in [2.75, 3.05) is 0 Å². The average molecular weight is 327 g/mol. The van der Waals surface area contributed by atoms with E-state index in [0.29, 0.717) is 36.2 Å². The highest BCUT2D eigenvalue weighted by Gasteiger charge is 2.62. The van der Waals surface area contributed by atoms with Crippen molar-refractivity contribution in [3.8, 4) is 0 Å². The standard InChI is InChI=1S/C21H29NO2/c1-3-9-21-10-8-14(22)11-13(21)4-5-15-16-6-7-18(24)20(16,2)12-17(23)19(15)21/h4,11,15-16,19H,3,5-10,12,22H2,1-2H3/t15-,16-,19+,20-,21-/m0/s1. The SMILES string of the molecule is CCC[C@]12CCC(N)=CC1=CC[C@@H]1[C@@H]2C(=O)C[C@]2(C)C(=O)CC[C@@H]12. The molecule has 4 rings (SSSR count). The summed E-state index contributed by atoms with van der Waals surface area (Å²) >= 11 is 0. The van der Waals surface area contributed by atoms with E-state index in [-0.39, 0.29) is 16.7 Å². The first-order chi connectivity index (χ1) is 11.4. The molecule has 4 aliphatic carbocycles. The second-order valence-electron chi connectivity index (χ2n) is 8.79. The van der Waals surface area contributed by atoms with Crippen LogP contribution in [0, 0.1) is 28.6 Å². The van der Waals surface area contributed by atoms with Gasteiger partial charge in [-0.25, -0.2) is 0 Å². The molecule has 0 spiro atoms. The molecule has 5 atom stereocenters. The van der Waals surface area contributed by atoms with Crippen LogP contribution in [0.4, 0.5) is 0 Å². The highest BCUT2D eigenvalue weighted by atomic mass is 16.1. The molecule has 3 nitrogen and oxygen atoms in total. The predicted octanol–water partition coefficient (Wildman–Crippen LogP) is 3.93. The van der Waals surface area contributed by atoms with E-state index in [1.807, 2.05) is 0 Å². The number of allylic oxidation sites excluding steroid dienone is 4. The first kappa shape index (κ1) is 16.1. The third kappa shape index (κ3) is 1.96. The Labute approximate surface area is 144 Å². The van der Waals surface area contributed by atoms with Gasteiger partial charge in [-0.2, -0.15) is 0 Å². The van der Waals surface area contributed by atoms with Crippen LogP contribution in [-0.4, -0.2) is 11.6 Å². The van der Waals surface area contributed by atoms with Gasteiger partial charge in [0.05, 0.1) is 0 Å². The second kappa shape index (κ2) is 5.31. The molecule has 2 saturated carbocycles. The largest absolute Gasteiger partial charge is 0.402 e. The van der Waals surface area contributed by atoms with Gasteiger partial charge in [-0.3, -0.25) is 9.59 Å². The quantitative estimate of drug-likeness (QED) is 0.836. The molecule has 3 heteroatoms. The smallest absolute Gasteiger partial charge is 0.139 e. The molecule has 0 aromatic heterocycles. The number of ketones is 2. The third-order valence-corrected chi connectivity index (χ3v) is 7.65. The summed E-state index contributed by atoms with van der Waals surface area (Å²) in [5.41, 5.74) is 7.97. The number of fused-ring (bicyclic) bond motifs is 5. The Morgan fingerprint density at radius 1 is 1.29 bits per heavy atom. The Morgan fingerprint density at radius 3 is 2.83 bits per heavy atom. The molecule has 24 heavy (non-hydrogen) atoms. The van der Waals surface area contributed by atoms with E-state index >= 15 is 0 Å². The Kier molecular flexibility index (Phi) is 3.56. The summed E-state index contributed by atoms with van der Waals surface area (Å²) in [4.78, 5) is 25.8. The fraction of sp³-hybridized carbons (Fsp3) is 0.714. The van der Waals surface area contributed by atoms with E-state index in [9.17, 15) is 9.59 Å². The number of hydrogen-bond donors (Lipinski definition) is 1. The van der Waals surface area contributed by atoms with Crippen molar-refractivity contribution in [2.24, 2.45) is 34.3 Å². The lowest BCUT2D eigenvalue weighted by Crippen LogP contribution is -2.55. The predicted molar refractivity (Wildman–Crippen MR) is 94.0 cm³/mol. The molecule has 0 saturated heterocycles. The van der Waals surface area contributed by atoms with Gasteiger partial charge in [0.25, 0.3) is 0 Å². The molecule has 0 aliphatic heterocycles. The van der Waals surface area contributed by atoms with Gasteiger partial charge in [0, 0.05) is 35.3 Å². The van der Waals surface area contributed by atoms with E-state index in [1.165, 1.54) is 5.57 Å². The van der Waals surface area contributed by atoms with Crippen LogP contribution in [0.3, 0.4) is 0 Å². The van der Waals surface area contributed by atoms with Crippen molar-refractivity contribution in [2.45, 2.75) is 65.2 Å². The minimum absolute atomic E-state index is 0.0232. The first-order valence-corrected chi connectivity index (χ1v) is 9.65. The van der Waals surface area contributed by atoms with Crippen LogP contribution in [0.2, 0.25) is 0 Å². The van der Waals surface area contributed by atoms with E-state index in [1.54, 1.807) is 0 Å². The lowest BCUT2D eigenvalue weighted by molar-refractivity contribution is -0.148. The van der Waals surface area contributed by atoms with Gasteiger partial charge in [0.2, 0.25) is 0 Å². The maximum absolute atomic E-state index is 13.3. The van der Waals surface area contributed by atoms with E-state index < -0.39 is 0 Å². The molecule has 0 amide bonds. The van der Waals surface area contributed by atoms with Crippen LogP contribution >= 0.6 is 0 Å². The lowest BCUT2D eigenvalue weighted by atomic mass is 9.47. The summed E-state index contributed by atoms with van der Waals surface area (Å²) < 4.78 is 0. The Balaban J connectivity index is 1.81. The van der Waals surface area contributed by atoms with Gasteiger partial charge >= 0.3 is 0 Å². The molecule has 0 unspecified atom stereocenters. The van der Waals surface area contributed by atoms with Crippen LogP contribution in [0.15, 0.2) is 23.4 Å². The molecular formula is C21H29NO2. The Hall–Kier alpha value is -1.38. The van der Waals surface area contributed by atoms with Gasteiger partial charge in [-0.1, -0.05) is 26.3 Å². The highest BCUT2D eigenvalue weighted by Crippen LogP contribution is 2.63. The molecule has 0 aromatic rings. The van der Waals surface area contributed by atoms with E-state index in [2.05, 4.69) is 26.0 Å². The Bertz CT molecular complexity index is 661. The topological polar surface area (TPSA) is 60.2 Å². The average Bonchev–Trinajstić information content (AvgIpc) is 2.83. The fourth-order valence-electron chi connectivity index (χ4n) is 6.63. The van der Waals surface area contributed by atoms with Crippen LogP contribution in [0.1, 0.15) is 65.2 Å². The third-order valence-electron chi connectivity index (χ3n) is 7.65. The van der Waals surface area contributed by atoms with Crippen LogP contribution in [0.5, 0.6) is 0 Å². The van der Waals surface area contributed by atoms with Crippen LogP contribution in [-0.2, 0) is 9.59 Å². The number of nitrogens with two attached hydrogens (primary N) is 1. The number of Topliss-reactive ketones (excluding diaryl/α,β-unsaturated/α-hetero) is 2. The zero-order chi connectivity index (χ0) is 17.1. The van der Waals surface area contributed by atoms with Gasteiger partial charge < -0.3 is 5.73 Å². The van der Waals surface area contributed by atoms with Crippen molar-refractivity contribution in [1.82, 2.24) is 0 Å². The maximum Gasteiger partial charge on any atom is 0.139 e. The van der Waals surface area contributed by atoms with Crippen molar-refractivity contribution < 1.29 is 9.59 Å². The molecular weight excluding hydrogens is 298 g/mol. The molecule has 0 heterocycles. The molecule has 0 aromatic carbocycles. The zero-order valence-corrected chi connectivity index (χ0v) is 14.9. The summed E-state index contributed by atoms with van der Waals surface area (Å²) in [6.45, 7) is 4.28. The summed E-state index contributed by atoms with van der Waals surface area (Å²) in [7, 11) is 0. The van der Waals surface area contributed by atoms with Gasteiger partial charge in [0.1, 0.15) is 11.6 Å². The minimum atomic E-state index is -0.388. The number of hydrogen-bond acceptors (Lipinski definition) is 3. The monoisotopic (exact) mass is 327 g/mol. The van der Waals surface area contributed by atoms with Crippen molar-refractivity contribution in [1.29, 1.82) is 0 Å². The lowest BCUT2D eigenvalue weighted by Gasteiger charge is -2.55. The summed E-state index contributed by atoms with van der Waals surface area (Å²) in [5.74, 6) is 1.52. The van der Waals surface area contributed by atoms with Crippen molar-refractivity contribution >= 4 is 11.6 Å². The van der Waals surface area contributed by atoms with Gasteiger partial charge in [0.15, 0.2) is 0 Å². The summed E-state index contributed by atoms with van der Waals surface area (Å²) in [6.07, 6.45) is 11.6. The van der Waals surface area contributed by atoms with Crippen LogP contribution in [0.25, 0.3) is 0 Å². The minimum Gasteiger partial charge on any atom is -0.402 e. The first-order valence-electron chi connectivity index (χ1n) is 9.65. The van der Waals surface area contributed by atoms with Crippen LogP contribution < -0.4 is 5.73 Å². The summed E-state index contributed by atoms with van der Waals surface area (Å²) in [6, 6.07) is 0. The molecule has 4 aliphatic rings. The van der Waals surface area contributed by atoms with Gasteiger partial charge in [-0.15, -0.1) is 0 Å². The number of carbonyl (C=O) groups is 2. The fourth-order valence-corrected chi connectivity index (χ4v) is 6.63. The van der Waals surface area contributed by atoms with Gasteiger partial charge in [-0.05, 0) is 55.6 Å². The molecule has 0 radical (unpaired) electrons. The summed E-state index contributed by atoms with van der Waals surface area (Å²) in [5, 5.41) is 0. The van der Waals surface area contributed by atoms with E-state index in [4.69, 9.17) is 5.73 Å². The number of rotatable bonds is 2. The van der Waals surface area contributed by atoms with Crippen molar-refractivity contribution in [3.05, 3.63) is 23.4 Å². The zero-order valence-electron chi connectivity index (χ0n) is 14.9. The molecule has 2 N–H and O–H groups in total. The normalized spacial score (nSPS) is 44.3. The van der Waals surface area contributed by atoms with E-state index in [0.717, 1.165) is 44.2 Å². The number of carbonyl (C=O) groups excluding carboxylic acids is 2. The maximum atomic E-state index is 13.3. The highest BCUT2D eigenvalue weighted by molar-refractivity contribution is 5.95. The molecule has 0 bridgehead atoms. The second-order valence-corrected chi connectivity index (χ2v) is 8.79.